The van der Waals surface area contributed by atoms with Crippen LogP contribution < -0.4 is 0 Å². The minimum Gasteiger partial charge on any atom is -0.469 e. The summed E-state index contributed by atoms with van der Waals surface area (Å²) in [6.45, 7) is 5.10. The van der Waals surface area contributed by atoms with Crippen LogP contribution in [0.3, 0.4) is 0 Å². The molecule has 0 aliphatic rings. The van der Waals surface area contributed by atoms with Crippen LogP contribution in [0.2, 0.25) is 0 Å². The van der Waals surface area contributed by atoms with Gasteiger partial charge in [-0.1, -0.05) is 37.3 Å². The molecular formula is C16H23NO4. The van der Waals surface area contributed by atoms with Gasteiger partial charge in [0.15, 0.2) is 0 Å². The summed E-state index contributed by atoms with van der Waals surface area (Å²) in [6, 6.07) is 9.81. The van der Waals surface area contributed by atoms with E-state index in [-0.39, 0.29) is 24.4 Å². The fourth-order valence-corrected chi connectivity index (χ4v) is 2.08. The van der Waals surface area contributed by atoms with Crippen molar-refractivity contribution in [3.05, 3.63) is 35.9 Å². The summed E-state index contributed by atoms with van der Waals surface area (Å²) >= 11 is 0. The largest absolute Gasteiger partial charge is 0.469 e. The van der Waals surface area contributed by atoms with Crippen molar-refractivity contribution in [3.8, 4) is 0 Å². The predicted octanol–water partition coefficient (Wildman–Crippen LogP) is 1.86. The molecule has 116 valence electrons. The first-order valence-electron chi connectivity index (χ1n) is 7.06. The minimum atomic E-state index is -0.298. The summed E-state index contributed by atoms with van der Waals surface area (Å²) in [4.78, 5) is 25.1. The maximum atomic E-state index is 11.7. The molecule has 0 aliphatic heterocycles. The molecule has 0 aliphatic carbocycles. The van der Waals surface area contributed by atoms with Gasteiger partial charge in [-0.2, -0.15) is 0 Å². The number of esters is 2. The molecule has 0 heterocycles. The molecule has 1 rings (SSSR count). The number of rotatable bonds is 8. The SMILES string of the molecule is CCOC(=O)CN(Cc1ccccc1)CC(C)C(=O)OC. The van der Waals surface area contributed by atoms with E-state index in [1.54, 1.807) is 13.8 Å². The summed E-state index contributed by atoms with van der Waals surface area (Å²) in [5.74, 6) is -0.865. The third-order valence-corrected chi connectivity index (χ3v) is 3.04. The Morgan fingerprint density at radius 2 is 1.90 bits per heavy atom. The number of methoxy groups -OCH3 is 1. The van der Waals surface area contributed by atoms with Crippen molar-refractivity contribution >= 4 is 11.9 Å². The first-order valence-corrected chi connectivity index (χ1v) is 7.06. The lowest BCUT2D eigenvalue weighted by Crippen LogP contribution is -2.36. The maximum absolute atomic E-state index is 11.7. The third-order valence-electron chi connectivity index (χ3n) is 3.04. The van der Waals surface area contributed by atoms with E-state index >= 15 is 0 Å². The van der Waals surface area contributed by atoms with Crippen LogP contribution in [-0.2, 0) is 25.6 Å². The van der Waals surface area contributed by atoms with Crippen LogP contribution in [0.4, 0.5) is 0 Å². The van der Waals surface area contributed by atoms with Crippen molar-refractivity contribution in [2.75, 3.05) is 26.8 Å². The van der Waals surface area contributed by atoms with Gasteiger partial charge in [0.1, 0.15) is 0 Å². The summed E-state index contributed by atoms with van der Waals surface area (Å²) < 4.78 is 9.72. The molecule has 0 amide bonds. The maximum Gasteiger partial charge on any atom is 0.320 e. The molecule has 0 bridgehead atoms. The number of ether oxygens (including phenoxy) is 2. The second-order valence-electron chi connectivity index (χ2n) is 4.88. The second kappa shape index (κ2) is 9.13. The van der Waals surface area contributed by atoms with Gasteiger partial charge in [-0.3, -0.25) is 14.5 Å². The highest BCUT2D eigenvalue weighted by molar-refractivity contribution is 5.73. The number of benzene rings is 1. The number of carbonyl (C=O) groups is 2. The van der Waals surface area contributed by atoms with E-state index in [4.69, 9.17) is 9.47 Å². The quantitative estimate of drug-likeness (QED) is 0.685. The number of nitrogens with zero attached hydrogens (tertiary/aromatic N) is 1. The van der Waals surface area contributed by atoms with Crippen molar-refractivity contribution in [1.82, 2.24) is 4.90 Å². The molecule has 5 heteroatoms. The van der Waals surface area contributed by atoms with Crippen molar-refractivity contribution in [2.45, 2.75) is 20.4 Å². The highest BCUT2D eigenvalue weighted by Gasteiger charge is 2.20. The van der Waals surface area contributed by atoms with Crippen molar-refractivity contribution in [2.24, 2.45) is 5.92 Å². The Bertz CT molecular complexity index is 447. The molecule has 0 radical (unpaired) electrons. The Morgan fingerprint density at radius 1 is 1.24 bits per heavy atom. The molecule has 21 heavy (non-hydrogen) atoms. The van der Waals surface area contributed by atoms with Gasteiger partial charge in [0.2, 0.25) is 0 Å². The van der Waals surface area contributed by atoms with Crippen LogP contribution in [-0.4, -0.2) is 43.6 Å². The molecule has 0 saturated heterocycles. The number of carbonyl (C=O) groups excluding carboxylic acids is 2. The second-order valence-corrected chi connectivity index (χ2v) is 4.88. The smallest absolute Gasteiger partial charge is 0.320 e. The predicted molar refractivity (Wildman–Crippen MR) is 79.5 cm³/mol. The van der Waals surface area contributed by atoms with Gasteiger partial charge < -0.3 is 9.47 Å². The molecule has 0 fully saturated rings. The lowest BCUT2D eigenvalue weighted by atomic mass is 10.1. The highest BCUT2D eigenvalue weighted by Crippen LogP contribution is 2.09. The first-order chi connectivity index (χ1) is 10.1. The fourth-order valence-electron chi connectivity index (χ4n) is 2.08. The standard InChI is InChI=1S/C16H23NO4/c1-4-21-15(18)12-17(10-13(2)16(19)20-3)11-14-8-6-5-7-9-14/h5-9,13H,4,10-12H2,1-3H3. The van der Waals surface area contributed by atoms with Crippen LogP contribution >= 0.6 is 0 Å². The average molecular weight is 293 g/mol. The van der Waals surface area contributed by atoms with Gasteiger partial charge in [-0.25, -0.2) is 0 Å². The number of hydrogen-bond acceptors (Lipinski definition) is 5. The van der Waals surface area contributed by atoms with Crippen LogP contribution in [0.5, 0.6) is 0 Å². The lowest BCUT2D eigenvalue weighted by Gasteiger charge is -2.23. The van der Waals surface area contributed by atoms with Gasteiger partial charge >= 0.3 is 11.9 Å². The Labute approximate surface area is 125 Å². The molecule has 0 saturated carbocycles. The zero-order valence-electron chi connectivity index (χ0n) is 12.9. The normalized spacial score (nSPS) is 12.0. The molecule has 1 atom stereocenters. The van der Waals surface area contributed by atoms with E-state index in [1.807, 2.05) is 35.2 Å². The van der Waals surface area contributed by atoms with Crippen molar-refractivity contribution in [3.63, 3.8) is 0 Å². The molecule has 0 aromatic heterocycles. The topological polar surface area (TPSA) is 55.8 Å². The third kappa shape index (κ3) is 6.40. The van der Waals surface area contributed by atoms with Gasteiger partial charge in [0.25, 0.3) is 0 Å². The molecule has 5 nitrogen and oxygen atoms in total. The van der Waals surface area contributed by atoms with Crippen LogP contribution in [0.25, 0.3) is 0 Å². The molecule has 1 aromatic carbocycles. The van der Waals surface area contributed by atoms with Gasteiger partial charge in [-0.05, 0) is 12.5 Å². The zero-order valence-corrected chi connectivity index (χ0v) is 12.9. The fraction of sp³-hybridized carbons (Fsp3) is 0.500. The summed E-state index contributed by atoms with van der Waals surface area (Å²) in [5, 5.41) is 0. The van der Waals surface area contributed by atoms with Crippen LogP contribution in [0.1, 0.15) is 19.4 Å². The van der Waals surface area contributed by atoms with E-state index in [9.17, 15) is 9.59 Å². The van der Waals surface area contributed by atoms with Gasteiger partial charge in [0, 0.05) is 13.1 Å². The van der Waals surface area contributed by atoms with Crippen molar-refractivity contribution < 1.29 is 19.1 Å². The van der Waals surface area contributed by atoms with E-state index in [1.165, 1.54) is 7.11 Å². The van der Waals surface area contributed by atoms with Gasteiger partial charge in [-0.15, -0.1) is 0 Å². The number of hydrogen-bond donors (Lipinski definition) is 0. The Hall–Kier alpha value is -1.88. The Balaban J connectivity index is 2.69. The molecular weight excluding hydrogens is 270 g/mol. The van der Waals surface area contributed by atoms with Crippen LogP contribution in [0, 0.1) is 5.92 Å². The minimum absolute atomic E-state index is 0.157. The van der Waals surface area contributed by atoms with Crippen LogP contribution in [0.15, 0.2) is 30.3 Å². The monoisotopic (exact) mass is 293 g/mol. The first kappa shape index (κ1) is 17.2. The van der Waals surface area contributed by atoms with E-state index in [0.717, 1.165) is 5.56 Å². The van der Waals surface area contributed by atoms with E-state index in [2.05, 4.69) is 0 Å². The summed E-state index contributed by atoms with van der Waals surface area (Å²) in [7, 11) is 1.37. The summed E-state index contributed by atoms with van der Waals surface area (Å²) in [5.41, 5.74) is 1.08. The average Bonchev–Trinajstić information content (AvgIpc) is 2.47. The Kier molecular flexibility index (Phi) is 7.46. The van der Waals surface area contributed by atoms with Gasteiger partial charge in [0.05, 0.1) is 26.2 Å². The molecule has 0 N–H and O–H groups in total. The zero-order chi connectivity index (χ0) is 15.7. The highest BCUT2D eigenvalue weighted by atomic mass is 16.5. The molecule has 1 unspecified atom stereocenters. The lowest BCUT2D eigenvalue weighted by molar-refractivity contribution is -0.148. The summed E-state index contributed by atoms with van der Waals surface area (Å²) in [6.07, 6.45) is 0. The van der Waals surface area contributed by atoms with Crippen molar-refractivity contribution in [1.29, 1.82) is 0 Å². The van der Waals surface area contributed by atoms with E-state index in [0.29, 0.717) is 19.7 Å². The van der Waals surface area contributed by atoms with E-state index < -0.39 is 0 Å². The Morgan fingerprint density at radius 3 is 2.48 bits per heavy atom. The molecule has 1 aromatic rings. The molecule has 0 spiro atoms.